The van der Waals surface area contributed by atoms with Crippen molar-refractivity contribution in [2.75, 3.05) is 44.2 Å². The van der Waals surface area contributed by atoms with E-state index in [1.54, 1.807) is 27.9 Å². The summed E-state index contributed by atoms with van der Waals surface area (Å²) >= 11 is 1.50. The van der Waals surface area contributed by atoms with E-state index in [1.807, 2.05) is 79.7 Å². The molecule has 4 amide bonds. The van der Waals surface area contributed by atoms with Crippen LogP contribution >= 0.6 is 11.8 Å². The number of thioether (sulfide) groups is 1. The number of nitrogens with zero attached hydrogens (tertiary/aromatic N) is 3. The second-order valence-corrected chi connectivity index (χ2v) is 20.2. The van der Waals surface area contributed by atoms with E-state index in [1.165, 1.54) is 16.7 Å². The third-order valence-corrected chi connectivity index (χ3v) is 14.0. The molecule has 1 saturated heterocycles. The lowest BCUT2D eigenvalue weighted by Gasteiger charge is -2.30. The van der Waals surface area contributed by atoms with Gasteiger partial charge in [0.2, 0.25) is 27.7 Å². The lowest BCUT2D eigenvalue weighted by Crippen LogP contribution is -2.58. The summed E-state index contributed by atoms with van der Waals surface area (Å²) in [7, 11) is 1.59. The summed E-state index contributed by atoms with van der Waals surface area (Å²) in [5, 5.41) is 6.60. The van der Waals surface area contributed by atoms with E-state index in [9.17, 15) is 27.6 Å². The van der Waals surface area contributed by atoms with Crippen LogP contribution in [-0.4, -0.2) is 116 Å². The number of ether oxygens (including phenoxy) is 3. The maximum Gasteiger partial charge on any atom is 0.408 e. The van der Waals surface area contributed by atoms with Crippen LogP contribution in [0.4, 0.5) is 10.5 Å². The van der Waals surface area contributed by atoms with Crippen LogP contribution in [0.1, 0.15) is 59.3 Å². The van der Waals surface area contributed by atoms with E-state index in [-0.39, 0.29) is 25.1 Å². The molecule has 1 aromatic heterocycles. The number of alkyl carbamates (subject to hydrolysis) is 1. The first-order valence-electron chi connectivity index (χ1n) is 20.3. The van der Waals surface area contributed by atoms with Crippen LogP contribution in [0, 0.1) is 5.92 Å². The smallest absolute Gasteiger partial charge is 0.408 e. The van der Waals surface area contributed by atoms with Gasteiger partial charge in [0, 0.05) is 48.8 Å². The summed E-state index contributed by atoms with van der Waals surface area (Å²) in [6.07, 6.45) is 4.84. The molecule has 2 aromatic carbocycles. The van der Waals surface area contributed by atoms with Gasteiger partial charge in [-0.15, -0.1) is 0 Å². The molecule has 3 N–H and O–H groups in total. The van der Waals surface area contributed by atoms with Crippen LogP contribution in [-0.2, 0) is 29.1 Å². The number of aromatic nitrogens is 1. The molecule has 0 radical (unpaired) electrons. The van der Waals surface area contributed by atoms with Crippen LogP contribution in [0.2, 0.25) is 0 Å². The van der Waals surface area contributed by atoms with Crippen molar-refractivity contribution in [1.82, 2.24) is 25.2 Å². The Morgan fingerprint density at radius 3 is 2.50 bits per heavy atom. The monoisotopic (exact) mass is 862 g/mol. The van der Waals surface area contributed by atoms with Gasteiger partial charge in [-0.3, -0.25) is 19.1 Å². The molecule has 5 atom stereocenters. The van der Waals surface area contributed by atoms with Crippen LogP contribution in [0.25, 0.3) is 22.0 Å². The topological polar surface area (TPSA) is 186 Å². The Labute approximate surface area is 355 Å². The maximum absolute atomic E-state index is 14.7. The highest BCUT2D eigenvalue weighted by molar-refractivity contribution is 7.99. The van der Waals surface area contributed by atoms with Crippen molar-refractivity contribution in [1.29, 1.82) is 0 Å². The fraction of sp³-hybridized carbons (Fsp3) is 0.512. The molecule has 3 fully saturated rings. The number of allylic oxidation sites excluding steroid dienone is 1. The SMILES string of the molecule is COc1ccc(-c2cc3cc(N(C)C)ccc3c(OC3C[C@H]4C(=O)N[C@]5(C(=O)NS(=O)(=O)C6CC6)C[C@H]5/C=C\CCCSC[C@H](NC(=O)OC(C)(C)C)C(=O)N4C3)n2)cc1. The highest BCUT2D eigenvalue weighted by Gasteiger charge is 2.62. The number of fused-ring (bicyclic) bond motifs is 3. The summed E-state index contributed by atoms with van der Waals surface area (Å²) in [5.41, 5.74) is 0.0690. The standard InChI is InChI=1S/C43H54N6O9S2/c1-42(2,3)58-41(53)45-35-25-59-19-9-7-8-10-28-23-43(28,40(52)47-60(54,55)32-16-17-32)46-37(50)36-22-31(24-49(36)39(35)51)57-38-33-18-13-29(48(4)5)20-27(33)21-34(44-38)26-11-14-30(56-6)15-12-26/h8,10-15,18,20-21,28,31-32,35-36H,7,9,16-17,19,22-25H2,1-6H3,(H,45,53)(H,46,50)(H,47,52)/b10-8-/t28-,31?,35+,36+,43-/m1/s1. The first-order chi connectivity index (χ1) is 28.5. The number of amides is 4. The van der Waals surface area contributed by atoms with Crippen molar-refractivity contribution >= 4 is 62.1 Å². The van der Waals surface area contributed by atoms with E-state index in [4.69, 9.17) is 19.2 Å². The van der Waals surface area contributed by atoms with Crippen LogP contribution in [0.15, 0.2) is 60.7 Å². The first-order valence-corrected chi connectivity index (χ1v) is 23.0. The Morgan fingerprint density at radius 2 is 1.82 bits per heavy atom. The Kier molecular flexibility index (Phi) is 12.3. The highest BCUT2D eigenvalue weighted by Crippen LogP contribution is 2.46. The molecule has 15 nitrogen and oxygen atoms in total. The van der Waals surface area contributed by atoms with E-state index < -0.39 is 74.3 Å². The molecule has 322 valence electrons. The fourth-order valence-electron chi connectivity index (χ4n) is 7.58. The van der Waals surface area contributed by atoms with Crippen molar-refractivity contribution < 1.29 is 41.8 Å². The molecule has 0 spiro atoms. The van der Waals surface area contributed by atoms with Gasteiger partial charge in [0.15, 0.2) is 0 Å². The Balaban J connectivity index is 1.24. The van der Waals surface area contributed by atoms with Gasteiger partial charge in [-0.2, -0.15) is 11.8 Å². The van der Waals surface area contributed by atoms with Gasteiger partial charge in [0.25, 0.3) is 5.91 Å². The molecular formula is C43H54N6O9S2. The van der Waals surface area contributed by atoms with Gasteiger partial charge in [-0.25, -0.2) is 18.2 Å². The largest absolute Gasteiger partial charge is 0.497 e. The number of nitrogens with one attached hydrogen (secondary N) is 3. The van der Waals surface area contributed by atoms with Crippen molar-refractivity contribution in [2.45, 2.75) is 93.9 Å². The second-order valence-electron chi connectivity index (χ2n) is 17.1. The number of methoxy groups -OCH3 is 1. The number of sulfonamides is 1. The Morgan fingerprint density at radius 1 is 1.07 bits per heavy atom. The number of hydrogen-bond donors (Lipinski definition) is 3. The first kappa shape index (κ1) is 43.1. The molecule has 60 heavy (non-hydrogen) atoms. The quantitative estimate of drug-likeness (QED) is 0.251. The number of carbonyl (C=O) groups is 4. The van der Waals surface area contributed by atoms with Crippen molar-refractivity contribution in [3.8, 4) is 22.9 Å². The molecule has 3 heterocycles. The second kappa shape index (κ2) is 17.1. The van der Waals surface area contributed by atoms with Gasteiger partial charge in [-0.05, 0) is 113 Å². The summed E-state index contributed by atoms with van der Waals surface area (Å²) in [4.78, 5) is 64.6. The van der Waals surface area contributed by atoms with E-state index in [0.29, 0.717) is 42.3 Å². The molecule has 2 aliphatic carbocycles. The minimum absolute atomic E-state index is 0.0220. The molecule has 4 aliphatic rings. The van der Waals surface area contributed by atoms with Crippen LogP contribution in [0.3, 0.4) is 0 Å². The molecule has 1 unspecified atom stereocenters. The molecule has 0 bridgehead atoms. The van der Waals surface area contributed by atoms with Gasteiger partial charge in [-0.1, -0.05) is 12.2 Å². The zero-order valence-corrected chi connectivity index (χ0v) is 36.5. The van der Waals surface area contributed by atoms with Gasteiger partial charge >= 0.3 is 6.09 Å². The number of hydrogen-bond acceptors (Lipinski definition) is 12. The molecule has 2 aliphatic heterocycles. The molecular weight excluding hydrogens is 809 g/mol. The lowest BCUT2D eigenvalue weighted by atomic mass is 10.1. The van der Waals surface area contributed by atoms with Crippen LogP contribution < -0.4 is 29.7 Å². The predicted molar refractivity (Wildman–Crippen MR) is 231 cm³/mol. The van der Waals surface area contributed by atoms with Crippen molar-refractivity contribution in [3.05, 3.63) is 60.7 Å². The van der Waals surface area contributed by atoms with E-state index in [0.717, 1.165) is 28.4 Å². The van der Waals surface area contributed by atoms with Crippen molar-refractivity contribution in [3.63, 3.8) is 0 Å². The Bertz CT molecular complexity index is 2280. The third-order valence-electron chi connectivity index (χ3n) is 11.1. The lowest BCUT2D eigenvalue weighted by molar-refractivity contribution is -0.140. The third kappa shape index (κ3) is 9.78. The minimum atomic E-state index is -3.92. The maximum atomic E-state index is 14.7. The summed E-state index contributed by atoms with van der Waals surface area (Å²) in [6, 6.07) is 13.2. The molecule has 17 heteroatoms. The molecule has 7 rings (SSSR count). The number of carbonyl (C=O) groups excluding carboxylic acids is 4. The summed E-state index contributed by atoms with van der Waals surface area (Å²) < 4.78 is 45.7. The van der Waals surface area contributed by atoms with E-state index >= 15 is 0 Å². The van der Waals surface area contributed by atoms with Gasteiger partial charge in [0.1, 0.15) is 35.1 Å². The number of rotatable bonds is 9. The minimum Gasteiger partial charge on any atom is -0.497 e. The number of anilines is 1. The predicted octanol–water partition coefficient (Wildman–Crippen LogP) is 4.78. The summed E-state index contributed by atoms with van der Waals surface area (Å²) in [5.74, 6) is -0.514. The number of pyridine rings is 1. The average molecular weight is 863 g/mol. The summed E-state index contributed by atoms with van der Waals surface area (Å²) in [6.45, 7) is 5.14. The fourth-order valence-corrected chi connectivity index (χ4v) is 9.94. The zero-order valence-electron chi connectivity index (χ0n) is 34.9. The highest BCUT2D eigenvalue weighted by atomic mass is 32.2. The Hall–Kier alpha value is -5.03. The van der Waals surface area contributed by atoms with E-state index in [2.05, 4.69) is 15.4 Å². The van der Waals surface area contributed by atoms with Gasteiger partial charge in [0.05, 0.1) is 24.6 Å². The zero-order chi connectivity index (χ0) is 43.0. The molecule has 2 saturated carbocycles. The van der Waals surface area contributed by atoms with Gasteiger partial charge < -0.3 is 34.6 Å². The van der Waals surface area contributed by atoms with Crippen LogP contribution in [0.5, 0.6) is 11.6 Å². The van der Waals surface area contributed by atoms with Crippen molar-refractivity contribution in [2.24, 2.45) is 5.92 Å². The normalized spacial score (nSPS) is 25.4. The average Bonchev–Trinajstić information content (AvgIpc) is 4.12. The molecule has 3 aromatic rings. The number of benzene rings is 2.